The van der Waals surface area contributed by atoms with E-state index in [2.05, 4.69) is 47.4 Å². The van der Waals surface area contributed by atoms with Crippen molar-refractivity contribution in [2.75, 3.05) is 0 Å². The van der Waals surface area contributed by atoms with Crippen LogP contribution < -0.4 is 11.3 Å². The molecule has 0 amide bonds. The second kappa shape index (κ2) is 5.25. The maximum Gasteiger partial charge on any atom is 0.150 e. The molecule has 18 heavy (non-hydrogen) atoms. The van der Waals surface area contributed by atoms with Crippen molar-refractivity contribution in [3.8, 4) is 0 Å². The molecule has 3 N–H and O–H groups in total. The van der Waals surface area contributed by atoms with E-state index in [9.17, 15) is 0 Å². The number of hydrazine groups is 1. The van der Waals surface area contributed by atoms with Gasteiger partial charge in [0.25, 0.3) is 0 Å². The summed E-state index contributed by atoms with van der Waals surface area (Å²) in [7, 11) is 0. The molecule has 0 bridgehead atoms. The van der Waals surface area contributed by atoms with Gasteiger partial charge in [-0.1, -0.05) is 23.8 Å². The number of nitrogens with one attached hydrogen (secondary N) is 1. The molecule has 0 spiro atoms. The van der Waals surface area contributed by atoms with Crippen LogP contribution in [0.2, 0.25) is 0 Å². The van der Waals surface area contributed by atoms with E-state index in [0.717, 1.165) is 11.1 Å². The minimum Gasteiger partial charge on any atom is -0.270 e. The van der Waals surface area contributed by atoms with Gasteiger partial charge in [0, 0.05) is 12.4 Å². The number of nitrogens with two attached hydrogens (primary N) is 1. The standard InChI is InChI=1S/C14H18N4/c1-9-4-5-12(11(3)6-9)13(18-15)14-16-7-10(2)8-17-14/h4-8,13,18H,15H2,1-3H3. The molecular weight excluding hydrogens is 224 g/mol. The molecule has 1 aromatic carbocycles. The fourth-order valence-electron chi connectivity index (χ4n) is 2.00. The normalized spacial score (nSPS) is 12.4. The van der Waals surface area contributed by atoms with E-state index < -0.39 is 0 Å². The van der Waals surface area contributed by atoms with Gasteiger partial charge in [0.1, 0.15) is 6.04 Å². The van der Waals surface area contributed by atoms with Gasteiger partial charge in [-0.2, -0.15) is 0 Å². The third-order valence-corrected chi connectivity index (χ3v) is 2.96. The SMILES string of the molecule is Cc1cnc(C(NN)c2ccc(C)cc2C)nc1. The summed E-state index contributed by atoms with van der Waals surface area (Å²) in [4.78, 5) is 8.67. The number of rotatable bonds is 3. The van der Waals surface area contributed by atoms with E-state index >= 15 is 0 Å². The molecule has 94 valence electrons. The first kappa shape index (κ1) is 12.7. The zero-order valence-electron chi connectivity index (χ0n) is 10.9. The van der Waals surface area contributed by atoms with Gasteiger partial charge in [-0.3, -0.25) is 5.84 Å². The second-order valence-corrected chi connectivity index (χ2v) is 4.58. The van der Waals surface area contributed by atoms with Crippen LogP contribution in [0, 0.1) is 20.8 Å². The van der Waals surface area contributed by atoms with E-state index in [0.29, 0.717) is 5.82 Å². The van der Waals surface area contributed by atoms with Gasteiger partial charge in [-0.25, -0.2) is 15.4 Å². The Bertz CT molecular complexity index is 534. The highest BCUT2D eigenvalue weighted by Gasteiger charge is 2.17. The van der Waals surface area contributed by atoms with Crippen molar-refractivity contribution in [3.63, 3.8) is 0 Å². The molecule has 0 aliphatic heterocycles. The number of hydrogen-bond acceptors (Lipinski definition) is 4. The highest BCUT2D eigenvalue weighted by Crippen LogP contribution is 2.22. The molecule has 0 saturated heterocycles. The highest BCUT2D eigenvalue weighted by atomic mass is 15.2. The molecule has 4 heteroatoms. The van der Waals surface area contributed by atoms with E-state index in [-0.39, 0.29) is 6.04 Å². The first-order valence-corrected chi connectivity index (χ1v) is 5.93. The number of benzene rings is 1. The molecule has 2 rings (SSSR count). The largest absolute Gasteiger partial charge is 0.270 e. The van der Waals surface area contributed by atoms with Gasteiger partial charge >= 0.3 is 0 Å². The summed E-state index contributed by atoms with van der Waals surface area (Å²) in [6.07, 6.45) is 3.60. The molecule has 0 saturated carbocycles. The van der Waals surface area contributed by atoms with Crippen molar-refractivity contribution in [2.24, 2.45) is 5.84 Å². The van der Waals surface area contributed by atoms with E-state index in [1.807, 2.05) is 6.92 Å². The summed E-state index contributed by atoms with van der Waals surface area (Å²) in [5.74, 6) is 6.34. The first-order chi connectivity index (χ1) is 8.61. The Hall–Kier alpha value is -1.78. The second-order valence-electron chi connectivity index (χ2n) is 4.58. The molecule has 4 nitrogen and oxygen atoms in total. The summed E-state index contributed by atoms with van der Waals surface area (Å²) >= 11 is 0. The molecular formula is C14H18N4. The van der Waals surface area contributed by atoms with Crippen LogP contribution in [0.5, 0.6) is 0 Å². The maximum absolute atomic E-state index is 5.65. The Morgan fingerprint density at radius 1 is 1.06 bits per heavy atom. The van der Waals surface area contributed by atoms with Gasteiger partial charge < -0.3 is 0 Å². The minimum absolute atomic E-state index is 0.175. The number of nitrogens with zero attached hydrogens (tertiary/aromatic N) is 2. The smallest absolute Gasteiger partial charge is 0.150 e. The van der Waals surface area contributed by atoms with Crippen LogP contribution in [0.25, 0.3) is 0 Å². The number of aromatic nitrogens is 2. The molecule has 1 atom stereocenters. The molecule has 1 heterocycles. The van der Waals surface area contributed by atoms with E-state index in [4.69, 9.17) is 5.84 Å². The number of aryl methyl sites for hydroxylation is 3. The summed E-state index contributed by atoms with van der Waals surface area (Å²) in [6, 6.07) is 6.10. The third kappa shape index (κ3) is 2.55. The molecule has 0 aliphatic rings. The summed E-state index contributed by atoms with van der Waals surface area (Å²) < 4.78 is 0. The van der Waals surface area contributed by atoms with Crippen LogP contribution in [-0.4, -0.2) is 9.97 Å². The van der Waals surface area contributed by atoms with Gasteiger partial charge in [0.2, 0.25) is 0 Å². The van der Waals surface area contributed by atoms with Crippen molar-refractivity contribution in [1.29, 1.82) is 0 Å². The highest BCUT2D eigenvalue weighted by molar-refractivity contribution is 5.35. The van der Waals surface area contributed by atoms with Crippen LogP contribution in [0.1, 0.15) is 34.1 Å². The molecule has 0 radical (unpaired) electrons. The Balaban J connectivity index is 2.41. The van der Waals surface area contributed by atoms with Crippen LogP contribution >= 0.6 is 0 Å². The zero-order valence-corrected chi connectivity index (χ0v) is 10.9. The lowest BCUT2D eigenvalue weighted by atomic mass is 9.99. The van der Waals surface area contributed by atoms with Gasteiger partial charge in [0.15, 0.2) is 5.82 Å². The van der Waals surface area contributed by atoms with Crippen LogP contribution in [0.15, 0.2) is 30.6 Å². The van der Waals surface area contributed by atoms with Gasteiger partial charge in [0.05, 0.1) is 0 Å². The average Bonchev–Trinajstić information content (AvgIpc) is 2.35. The zero-order chi connectivity index (χ0) is 13.1. The van der Waals surface area contributed by atoms with Crippen LogP contribution in [0.4, 0.5) is 0 Å². The van der Waals surface area contributed by atoms with Crippen molar-refractivity contribution < 1.29 is 0 Å². The third-order valence-electron chi connectivity index (χ3n) is 2.96. The summed E-state index contributed by atoms with van der Waals surface area (Å²) in [6.45, 7) is 6.11. The lowest BCUT2D eigenvalue weighted by Crippen LogP contribution is -2.30. The van der Waals surface area contributed by atoms with E-state index in [1.165, 1.54) is 11.1 Å². The van der Waals surface area contributed by atoms with Gasteiger partial charge in [-0.15, -0.1) is 0 Å². The topological polar surface area (TPSA) is 63.8 Å². The monoisotopic (exact) mass is 242 g/mol. The average molecular weight is 242 g/mol. The van der Waals surface area contributed by atoms with Gasteiger partial charge in [-0.05, 0) is 37.5 Å². The summed E-state index contributed by atoms with van der Waals surface area (Å²) in [5.41, 5.74) is 7.35. The fourth-order valence-corrected chi connectivity index (χ4v) is 2.00. The Morgan fingerprint density at radius 3 is 2.28 bits per heavy atom. The molecule has 0 fully saturated rings. The lowest BCUT2D eigenvalue weighted by molar-refractivity contribution is 0.598. The van der Waals surface area contributed by atoms with Crippen LogP contribution in [-0.2, 0) is 0 Å². The Labute approximate surface area is 107 Å². The molecule has 0 aliphatic carbocycles. The number of hydrogen-bond donors (Lipinski definition) is 2. The fraction of sp³-hybridized carbons (Fsp3) is 0.286. The van der Waals surface area contributed by atoms with Crippen molar-refractivity contribution in [3.05, 3.63) is 58.7 Å². The summed E-state index contributed by atoms with van der Waals surface area (Å²) in [5, 5.41) is 0. The molecule has 1 unspecified atom stereocenters. The first-order valence-electron chi connectivity index (χ1n) is 5.93. The maximum atomic E-state index is 5.65. The van der Waals surface area contributed by atoms with Crippen molar-refractivity contribution in [2.45, 2.75) is 26.8 Å². The Morgan fingerprint density at radius 2 is 1.72 bits per heavy atom. The predicted molar refractivity (Wildman–Crippen MR) is 71.9 cm³/mol. The lowest BCUT2D eigenvalue weighted by Gasteiger charge is -2.17. The minimum atomic E-state index is -0.175. The van der Waals surface area contributed by atoms with Crippen molar-refractivity contribution >= 4 is 0 Å². The predicted octanol–water partition coefficient (Wildman–Crippen LogP) is 1.95. The molecule has 2 aromatic rings. The van der Waals surface area contributed by atoms with E-state index in [1.54, 1.807) is 12.4 Å². The quantitative estimate of drug-likeness (QED) is 0.638. The molecule has 1 aromatic heterocycles. The van der Waals surface area contributed by atoms with Crippen molar-refractivity contribution in [1.82, 2.24) is 15.4 Å². The Kier molecular flexibility index (Phi) is 3.69. The van der Waals surface area contributed by atoms with Crippen LogP contribution in [0.3, 0.4) is 0 Å².